The molecule has 3 rings (SSSR count). The molecule has 2 saturated heterocycles. The Morgan fingerprint density at radius 2 is 1.87 bits per heavy atom. The third-order valence-corrected chi connectivity index (χ3v) is 5.96. The van der Waals surface area contributed by atoms with Gasteiger partial charge in [0.05, 0.1) is 11.7 Å². The van der Waals surface area contributed by atoms with Gasteiger partial charge >= 0.3 is 0 Å². The zero-order chi connectivity index (χ0) is 16.3. The van der Waals surface area contributed by atoms with Crippen LogP contribution >= 0.6 is 0 Å². The van der Waals surface area contributed by atoms with Crippen molar-refractivity contribution in [2.24, 2.45) is 5.92 Å². The minimum absolute atomic E-state index is 0.121. The van der Waals surface area contributed by atoms with E-state index in [9.17, 15) is 9.59 Å². The molecule has 0 aromatic heterocycles. The summed E-state index contributed by atoms with van der Waals surface area (Å²) >= 11 is 0. The van der Waals surface area contributed by atoms with Crippen LogP contribution in [-0.4, -0.2) is 41.4 Å². The maximum absolute atomic E-state index is 12.8. The molecule has 1 spiro atoms. The molecule has 1 aliphatic carbocycles. The second kappa shape index (κ2) is 7.33. The Labute approximate surface area is 139 Å². The average Bonchev–Trinajstić information content (AvgIpc) is 2.95. The van der Waals surface area contributed by atoms with Gasteiger partial charge in [0, 0.05) is 25.4 Å². The van der Waals surface area contributed by atoms with Gasteiger partial charge in [-0.15, -0.1) is 0 Å². The first kappa shape index (κ1) is 16.9. The smallest absolute Gasteiger partial charge is 0.225 e. The van der Waals surface area contributed by atoms with Crippen molar-refractivity contribution in [1.29, 1.82) is 0 Å². The molecule has 2 atom stereocenters. The van der Waals surface area contributed by atoms with Crippen molar-refractivity contribution in [3.8, 4) is 0 Å². The number of likely N-dealkylation sites (tertiary alicyclic amines) is 1. The van der Waals surface area contributed by atoms with E-state index in [0.717, 1.165) is 58.0 Å². The summed E-state index contributed by atoms with van der Waals surface area (Å²) in [4.78, 5) is 26.1. The van der Waals surface area contributed by atoms with Crippen LogP contribution in [0.5, 0.6) is 0 Å². The van der Waals surface area contributed by atoms with E-state index in [-0.39, 0.29) is 23.4 Å². The van der Waals surface area contributed by atoms with Gasteiger partial charge < -0.3 is 14.4 Å². The van der Waals surface area contributed by atoms with Gasteiger partial charge in [-0.2, -0.15) is 0 Å². The van der Waals surface area contributed by atoms with Crippen molar-refractivity contribution in [2.45, 2.75) is 89.3 Å². The Morgan fingerprint density at radius 3 is 2.61 bits per heavy atom. The summed E-state index contributed by atoms with van der Waals surface area (Å²) in [7, 11) is 0. The standard InChI is InChI=1S/C19H31NO3/c1-15(21)8-9-17-10-12-19(23-17)11-5-13-20(14-19)18(22)16-6-3-2-4-7-16/h16-17H,2-14H2,1H3/t17-,19-/m0/s1. The Kier molecular flexibility index (Phi) is 5.40. The highest BCUT2D eigenvalue weighted by molar-refractivity contribution is 5.79. The number of ether oxygens (including phenoxy) is 1. The van der Waals surface area contributed by atoms with Crippen molar-refractivity contribution in [3.05, 3.63) is 0 Å². The molecule has 4 heteroatoms. The van der Waals surface area contributed by atoms with Gasteiger partial charge in [-0.3, -0.25) is 4.79 Å². The van der Waals surface area contributed by atoms with E-state index in [1.54, 1.807) is 6.92 Å². The monoisotopic (exact) mass is 321 g/mol. The highest BCUT2D eigenvalue weighted by atomic mass is 16.5. The van der Waals surface area contributed by atoms with Crippen molar-refractivity contribution in [1.82, 2.24) is 4.90 Å². The average molecular weight is 321 g/mol. The molecular weight excluding hydrogens is 290 g/mol. The lowest BCUT2D eigenvalue weighted by Gasteiger charge is -2.41. The lowest BCUT2D eigenvalue weighted by atomic mass is 9.85. The zero-order valence-corrected chi connectivity index (χ0v) is 14.5. The molecule has 23 heavy (non-hydrogen) atoms. The highest BCUT2D eigenvalue weighted by Crippen LogP contribution is 2.40. The van der Waals surface area contributed by atoms with E-state index < -0.39 is 0 Å². The number of ketones is 1. The molecule has 2 aliphatic heterocycles. The van der Waals surface area contributed by atoms with Crippen LogP contribution < -0.4 is 0 Å². The number of nitrogens with zero attached hydrogens (tertiary/aromatic N) is 1. The fourth-order valence-electron chi connectivity index (χ4n) is 4.66. The van der Waals surface area contributed by atoms with Gasteiger partial charge in [0.15, 0.2) is 0 Å². The summed E-state index contributed by atoms with van der Waals surface area (Å²) in [5.41, 5.74) is -0.121. The minimum Gasteiger partial charge on any atom is -0.370 e. The highest BCUT2D eigenvalue weighted by Gasteiger charge is 2.44. The molecule has 0 radical (unpaired) electrons. The van der Waals surface area contributed by atoms with Crippen LogP contribution in [0.4, 0.5) is 0 Å². The van der Waals surface area contributed by atoms with Crippen LogP contribution in [0.1, 0.15) is 77.6 Å². The summed E-state index contributed by atoms with van der Waals surface area (Å²) in [6.07, 6.45) is 11.7. The molecule has 0 aromatic rings. The van der Waals surface area contributed by atoms with Gasteiger partial charge in [0.2, 0.25) is 5.91 Å². The zero-order valence-electron chi connectivity index (χ0n) is 14.5. The first-order chi connectivity index (χ1) is 11.1. The molecule has 3 aliphatic rings. The van der Waals surface area contributed by atoms with E-state index in [0.29, 0.717) is 12.3 Å². The molecule has 3 fully saturated rings. The molecule has 1 amide bonds. The van der Waals surface area contributed by atoms with E-state index in [1.807, 2.05) is 0 Å². The number of amides is 1. The minimum atomic E-state index is -0.121. The third-order valence-electron chi connectivity index (χ3n) is 5.96. The molecule has 0 unspecified atom stereocenters. The Hall–Kier alpha value is -0.900. The maximum atomic E-state index is 12.8. The fourth-order valence-corrected chi connectivity index (χ4v) is 4.66. The van der Waals surface area contributed by atoms with Crippen molar-refractivity contribution >= 4 is 11.7 Å². The second-order valence-electron chi connectivity index (χ2n) is 7.90. The van der Waals surface area contributed by atoms with Crippen molar-refractivity contribution < 1.29 is 14.3 Å². The largest absolute Gasteiger partial charge is 0.370 e. The Bertz CT molecular complexity index is 444. The van der Waals surface area contributed by atoms with Crippen LogP contribution in [0.15, 0.2) is 0 Å². The molecule has 2 heterocycles. The molecule has 1 saturated carbocycles. The fraction of sp³-hybridized carbons (Fsp3) is 0.895. The van der Waals surface area contributed by atoms with Gasteiger partial charge in [0.1, 0.15) is 5.78 Å². The number of hydrogen-bond donors (Lipinski definition) is 0. The number of Topliss-reactive ketones (excluding diaryl/α,β-unsaturated/α-hetero) is 1. The normalized spacial score (nSPS) is 32.4. The predicted octanol–water partition coefficient (Wildman–Crippen LogP) is 3.48. The topological polar surface area (TPSA) is 46.6 Å². The quantitative estimate of drug-likeness (QED) is 0.796. The Balaban J connectivity index is 1.55. The molecule has 0 bridgehead atoms. The SMILES string of the molecule is CC(=O)CC[C@H]1CC[C@]2(CCCN(C(=O)C3CCCCC3)C2)O1. The maximum Gasteiger partial charge on any atom is 0.225 e. The number of carbonyl (C=O) groups is 2. The van der Waals surface area contributed by atoms with Crippen LogP contribution in [0.3, 0.4) is 0 Å². The summed E-state index contributed by atoms with van der Waals surface area (Å²) in [6.45, 7) is 3.33. The summed E-state index contributed by atoms with van der Waals surface area (Å²) in [6, 6.07) is 0. The van der Waals surface area contributed by atoms with Crippen molar-refractivity contribution in [3.63, 3.8) is 0 Å². The summed E-state index contributed by atoms with van der Waals surface area (Å²) in [5, 5.41) is 0. The first-order valence-electron chi connectivity index (χ1n) is 9.54. The number of carbonyl (C=O) groups excluding carboxylic acids is 2. The first-order valence-corrected chi connectivity index (χ1v) is 9.54. The molecule has 0 aromatic carbocycles. The van der Waals surface area contributed by atoms with Gasteiger partial charge in [-0.05, 0) is 51.9 Å². The summed E-state index contributed by atoms with van der Waals surface area (Å²) in [5.74, 6) is 0.876. The van der Waals surface area contributed by atoms with E-state index in [2.05, 4.69) is 4.90 Å². The number of rotatable bonds is 4. The van der Waals surface area contributed by atoms with E-state index in [1.165, 1.54) is 19.3 Å². The molecule has 130 valence electrons. The van der Waals surface area contributed by atoms with Gasteiger partial charge in [0.25, 0.3) is 0 Å². The molecular formula is C19H31NO3. The lowest BCUT2D eigenvalue weighted by Crippen LogP contribution is -2.52. The lowest BCUT2D eigenvalue weighted by molar-refractivity contribution is -0.147. The van der Waals surface area contributed by atoms with Gasteiger partial charge in [-0.25, -0.2) is 0 Å². The number of piperidine rings is 1. The summed E-state index contributed by atoms with van der Waals surface area (Å²) < 4.78 is 6.36. The second-order valence-corrected chi connectivity index (χ2v) is 7.90. The molecule has 4 nitrogen and oxygen atoms in total. The van der Waals surface area contributed by atoms with Crippen LogP contribution in [-0.2, 0) is 14.3 Å². The van der Waals surface area contributed by atoms with Crippen LogP contribution in [0.2, 0.25) is 0 Å². The van der Waals surface area contributed by atoms with Gasteiger partial charge in [-0.1, -0.05) is 19.3 Å². The number of hydrogen-bond acceptors (Lipinski definition) is 3. The third kappa shape index (κ3) is 4.14. The molecule has 0 N–H and O–H groups in total. The predicted molar refractivity (Wildman–Crippen MR) is 89.1 cm³/mol. The van der Waals surface area contributed by atoms with E-state index >= 15 is 0 Å². The van der Waals surface area contributed by atoms with E-state index in [4.69, 9.17) is 4.74 Å². The van der Waals surface area contributed by atoms with Crippen molar-refractivity contribution in [2.75, 3.05) is 13.1 Å². The van der Waals surface area contributed by atoms with Crippen LogP contribution in [0.25, 0.3) is 0 Å². The van der Waals surface area contributed by atoms with Crippen LogP contribution in [0, 0.1) is 5.92 Å². The Morgan fingerprint density at radius 1 is 1.09 bits per heavy atom.